The van der Waals surface area contributed by atoms with Crippen LogP contribution in [0, 0.1) is 0 Å². The van der Waals surface area contributed by atoms with Gasteiger partial charge in [0.2, 0.25) is 5.88 Å². The lowest BCUT2D eigenvalue weighted by Crippen LogP contribution is -2.44. The number of ether oxygens (including phenoxy) is 2. The van der Waals surface area contributed by atoms with Crippen LogP contribution in [0.3, 0.4) is 0 Å². The van der Waals surface area contributed by atoms with Gasteiger partial charge in [-0.2, -0.15) is 0 Å². The Bertz CT molecular complexity index is 1930. The Morgan fingerprint density at radius 3 is 2.26 bits per heavy atom. The van der Waals surface area contributed by atoms with Crippen LogP contribution < -0.4 is 14.8 Å². The molecular weight excluding hydrogens is 558 g/mol. The van der Waals surface area contributed by atoms with E-state index in [2.05, 4.69) is 68.9 Å². The number of para-hydroxylation sites is 2. The van der Waals surface area contributed by atoms with Crippen LogP contribution in [0.1, 0.15) is 11.3 Å². The number of hydrogen-bond donors (Lipinski definition) is 1. The molecule has 0 radical (unpaired) electrons. The Labute approximate surface area is 254 Å². The Hall–Kier alpha value is -4.38. The molecule has 3 aromatic carbocycles. The lowest BCUT2D eigenvalue weighted by atomic mass is 10.0. The number of nitrogens with one attached hydrogen (secondary N) is 1. The van der Waals surface area contributed by atoms with Gasteiger partial charge in [-0.25, -0.2) is 19.9 Å². The molecule has 0 saturated carbocycles. The van der Waals surface area contributed by atoms with Crippen molar-refractivity contribution in [2.45, 2.75) is 13.1 Å². The number of piperazine rings is 1. The van der Waals surface area contributed by atoms with Crippen LogP contribution in [0.25, 0.3) is 43.3 Å². The molecule has 1 fully saturated rings. The molecule has 0 aliphatic carbocycles. The van der Waals surface area contributed by atoms with Gasteiger partial charge >= 0.3 is 0 Å². The van der Waals surface area contributed by atoms with E-state index in [1.165, 1.54) is 15.6 Å². The summed E-state index contributed by atoms with van der Waals surface area (Å²) in [6.45, 7) is 5.53. The topological polar surface area (TPSA) is 88.5 Å². The van der Waals surface area contributed by atoms with Crippen LogP contribution in [0.2, 0.25) is 0 Å². The molecule has 0 amide bonds. The third-order valence-corrected chi connectivity index (χ3v) is 9.02. The molecule has 0 spiro atoms. The monoisotopic (exact) mass is 591 g/mol. The molecule has 1 saturated heterocycles. The van der Waals surface area contributed by atoms with E-state index in [0.717, 1.165) is 71.6 Å². The number of methoxy groups -OCH3 is 2. The first-order valence-electron chi connectivity index (χ1n) is 14.4. The quantitative estimate of drug-likeness (QED) is 0.235. The maximum atomic E-state index is 5.68. The van der Waals surface area contributed by atoms with Crippen molar-refractivity contribution in [3.05, 3.63) is 77.3 Å². The number of likely N-dealkylation sites (N-methyl/N-ethyl adjacent to an activating group) is 1. The summed E-state index contributed by atoms with van der Waals surface area (Å²) in [5.41, 5.74) is 7.68. The van der Waals surface area contributed by atoms with Crippen LogP contribution in [0.5, 0.6) is 11.8 Å². The van der Waals surface area contributed by atoms with Gasteiger partial charge in [-0.05, 0) is 64.8 Å². The molecule has 0 bridgehead atoms. The van der Waals surface area contributed by atoms with Crippen LogP contribution in [0.15, 0.2) is 66.0 Å². The Balaban J connectivity index is 1.12. The average molecular weight is 592 g/mol. The van der Waals surface area contributed by atoms with Crippen molar-refractivity contribution in [2.24, 2.45) is 0 Å². The number of rotatable bonds is 8. The summed E-state index contributed by atoms with van der Waals surface area (Å²) in [7, 11) is 5.46. The first kappa shape index (κ1) is 27.5. The molecule has 0 unspecified atom stereocenters. The molecule has 7 rings (SSSR count). The Morgan fingerprint density at radius 2 is 1.47 bits per heavy atom. The summed E-state index contributed by atoms with van der Waals surface area (Å²) in [4.78, 5) is 23.9. The van der Waals surface area contributed by atoms with Gasteiger partial charge in [0, 0.05) is 44.0 Å². The molecule has 43 heavy (non-hydrogen) atoms. The van der Waals surface area contributed by atoms with E-state index in [1.54, 1.807) is 25.6 Å². The maximum absolute atomic E-state index is 5.68. The minimum Gasteiger partial charge on any atom is -0.480 e. The fourth-order valence-corrected chi connectivity index (χ4v) is 6.56. The normalized spacial score (nSPS) is 14.5. The number of anilines is 1. The molecular formula is C33H33N7O2S. The van der Waals surface area contributed by atoms with Crippen molar-refractivity contribution in [2.75, 3.05) is 52.8 Å². The number of nitrogens with zero attached hydrogens (tertiary/aromatic N) is 6. The summed E-state index contributed by atoms with van der Waals surface area (Å²) < 4.78 is 12.4. The van der Waals surface area contributed by atoms with Crippen LogP contribution in [-0.2, 0) is 13.1 Å². The van der Waals surface area contributed by atoms with Crippen molar-refractivity contribution in [1.82, 2.24) is 29.7 Å². The molecule has 0 atom stereocenters. The highest BCUT2D eigenvalue weighted by atomic mass is 32.1. The highest BCUT2D eigenvalue weighted by Gasteiger charge is 2.18. The lowest BCUT2D eigenvalue weighted by Gasteiger charge is -2.32. The average Bonchev–Trinajstić information content (AvgIpc) is 3.46. The van der Waals surface area contributed by atoms with Crippen molar-refractivity contribution in [3.8, 4) is 22.9 Å². The van der Waals surface area contributed by atoms with E-state index in [9.17, 15) is 0 Å². The zero-order chi connectivity index (χ0) is 29.3. The number of fused-ring (bicyclic) bond motifs is 3. The molecule has 3 aromatic heterocycles. The predicted octanol–water partition coefficient (Wildman–Crippen LogP) is 5.83. The van der Waals surface area contributed by atoms with Crippen LogP contribution in [0.4, 0.5) is 5.82 Å². The largest absolute Gasteiger partial charge is 0.480 e. The van der Waals surface area contributed by atoms with Gasteiger partial charge in [-0.3, -0.25) is 4.90 Å². The van der Waals surface area contributed by atoms with Crippen molar-refractivity contribution >= 4 is 49.3 Å². The van der Waals surface area contributed by atoms with Crippen molar-refractivity contribution in [1.29, 1.82) is 0 Å². The summed E-state index contributed by atoms with van der Waals surface area (Å²) >= 11 is 1.74. The van der Waals surface area contributed by atoms with E-state index in [4.69, 9.17) is 24.4 Å². The number of benzene rings is 3. The highest BCUT2D eigenvalue weighted by Crippen LogP contribution is 2.33. The Kier molecular flexibility index (Phi) is 7.48. The van der Waals surface area contributed by atoms with E-state index < -0.39 is 0 Å². The first-order valence-corrected chi connectivity index (χ1v) is 15.3. The summed E-state index contributed by atoms with van der Waals surface area (Å²) in [5.74, 6) is 1.72. The predicted molar refractivity (Wildman–Crippen MR) is 173 cm³/mol. The van der Waals surface area contributed by atoms with Gasteiger partial charge in [-0.1, -0.05) is 30.3 Å². The fourth-order valence-electron chi connectivity index (χ4n) is 5.56. The fraction of sp³-hybridized carbons (Fsp3) is 0.273. The smallest absolute Gasteiger partial charge is 0.257 e. The van der Waals surface area contributed by atoms with E-state index >= 15 is 0 Å². The number of thiophene rings is 1. The first-order chi connectivity index (χ1) is 21.1. The van der Waals surface area contributed by atoms with E-state index in [0.29, 0.717) is 24.1 Å². The minimum atomic E-state index is 0.489. The standard InChI is InChI=1S/C33H33N7O2S/c1-39-12-14-40(15-13-39)19-29-32(41-2)38-28-16-21(9-11-27(28)35-29)22-8-10-24-23(20-43-30(24)17-22)18-34-31-33(42-3)37-26-7-5-4-6-25(26)36-31/h4-11,16-17,20H,12-15,18-19H2,1-3H3,(H,34,36). The van der Waals surface area contributed by atoms with Crippen molar-refractivity contribution < 1.29 is 9.47 Å². The molecule has 6 aromatic rings. The Morgan fingerprint density at radius 1 is 0.767 bits per heavy atom. The van der Waals surface area contributed by atoms with Crippen LogP contribution in [-0.4, -0.2) is 77.2 Å². The summed E-state index contributed by atoms with van der Waals surface area (Å²) in [6.07, 6.45) is 0. The zero-order valence-electron chi connectivity index (χ0n) is 24.5. The van der Waals surface area contributed by atoms with Gasteiger partial charge in [0.25, 0.3) is 5.88 Å². The number of hydrogen-bond acceptors (Lipinski definition) is 10. The summed E-state index contributed by atoms with van der Waals surface area (Å²) in [6, 6.07) is 20.7. The SMILES string of the molecule is COc1nc2cc(-c3ccc4c(CNc5nc6ccccc6nc5OC)csc4c3)ccc2nc1CN1CCN(C)CC1. The maximum Gasteiger partial charge on any atom is 0.257 e. The van der Waals surface area contributed by atoms with Crippen molar-refractivity contribution in [3.63, 3.8) is 0 Å². The van der Waals surface area contributed by atoms with Gasteiger partial charge in [0.15, 0.2) is 5.82 Å². The molecule has 1 aliphatic rings. The molecule has 1 aliphatic heterocycles. The van der Waals surface area contributed by atoms with Gasteiger partial charge in [0.1, 0.15) is 5.69 Å². The van der Waals surface area contributed by atoms with E-state index in [1.807, 2.05) is 24.3 Å². The van der Waals surface area contributed by atoms with Crippen LogP contribution >= 0.6 is 11.3 Å². The molecule has 218 valence electrons. The van der Waals surface area contributed by atoms with Gasteiger partial charge in [-0.15, -0.1) is 11.3 Å². The minimum absolute atomic E-state index is 0.489. The second-order valence-electron chi connectivity index (χ2n) is 10.9. The lowest BCUT2D eigenvalue weighted by molar-refractivity contribution is 0.145. The molecule has 10 heteroatoms. The number of aromatic nitrogens is 4. The zero-order valence-corrected chi connectivity index (χ0v) is 25.3. The second kappa shape index (κ2) is 11.7. The van der Waals surface area contributed by atoms with E-state index in [-0.39, 0.29) is 0 Å². The third-order valence-electron chi connectivity index (χ3n) is 8.03. The molecule has 1 N–H and O–H groups in total. The van der Waals surface area contributed by atoms with Gasteiger partial charge < -0.3 is 19.7 Å². The molecule has 4 heterocycles. The van der Waals surface area contributed by atoms with Gasteiger partial charge in [0.05, 0.1) is 36.3 Å². The summed E-state index contributed by atoms with van der Waals surface area (Å²) in [5, 5.41) is 6.84. The highest BCUT2D eigenvalue weighted by molar-refractivity contribution is 7.17. The third kappa shape index (κ3) is 5.56. The molecule has 9 nitrogen and oxygen atoms in total. The second-order valence-corrected chi connectivity index (χ2v) is 11.8.